The molecule has 20 heavy (non-hydrogen) atoms. The highest BCUT2D eigenvalue weighted by Gasteiger charge is 2.29. The molecule has 1 aromatic rings. The minimum atomic E-state index is -4.32. The number of anilines is 1. The molecule has 112 valence electrons. The lowest BCUT2D eigenvalue weighted by atomic mass is 10.0. The van der Waals surface area contributed by atoms with Crippen molar-refractivity contribution < 1.29 is 23.1 Å². The first-order valence-corrected chi connectivity index (χ1v) is 6.42. The molecular weight excluding hydrogens is 271 g/mol. The Morgan fingerprint density at radius 1 is 1.25 bits per heavy atom. The second-order valence-electron chi connectivity index (χ2n) is 4.83. The van der Waals surface area contributed by atoms with Gasteiger partial charge >= 0.3 is 12.1 Å². The van der Waals surface area contributed by atoms with Gasteiger partial charge in [0, 0.05) is 18.7 Å². The lowest BCUT2D eigenvalue weighted by molar-refractivity contribution is -0.138. The summed E-state index contributed by atoms with van der Waals surface area (Å²) in [7, 11) is 0. The van der Waals surface area contributed by atoms with E-state index in [1.807, 2.05) is 6.92 Å². The van der Waals surface area contributed by atoms with E-state index in [1.165, 1.54) is 12.1 Å². The van der Waals surface area contributed by atoms with Gasteiger partial charge in [-0.1, -0.05) is 6.92 Å². The fourth-order valence-electron chi connectivity index (χ4n) is 1.75. The SMILES string of the molecule is CC(CCNc1ccc(C(F)(F)F)cc1)CCC(=O)O. The number of halogens is 3. The molecule has 0 fully saturated rings. The lowest BCUT2D eigenvalue weighted by Crippen LogP contribution is -2.09. The summed E-state index contributed by atoms with van der Waals surface area (Å²) in [6.07, 6.45) is -2.80. The van der Waals surface area contributed by atoms with Crippen molar-refractivity contribution in [1.82, 2.24) is 0 Å². The van der Waals surface area contributed by atoms with E-state index in [1.54, 1.807) is 0 Å². The van der Waals surface area contributed by atoms with E-state index in [2.05, 4.69) is 5.32 Å². The Labute approximate surface area is 115 Å². The third-order valence-electron chi connectivity index (χ3n) is 3.03. The van der Waals surface area contributed by atoms with E-state index in [9.17, 15) is 18.0 Å². The monoisotopic (exact) mass is 289 g/mol. The van der Waals surface area contributed by atoms with Crippen LogP contribution in [-0.2, 0) is 11.0 Å². The number of hydrogen-bond donors (Lipinski definition) is 2. The average Bonchev–Trinajstić information content (AvgIpc) is 2.36. The third-order valence-corrected chi connectivity index (χ3v) is 3.03. The summed E-state index contributed by atoms with van der Waals surface area (Å²) < 4.78 is 37.1. The minimum Gasteiger partial charge on any atom is -0.481 e. The Morgan fingerprint density at radius 2 is 1.85 bits per heavy atom. The third kappa shape index (κ3) is 5.95. The van der Waals surface area contributed by atoms with Gasteiger partial charge in [0.1, 0.15) is 0 Å². The maximum absolute atomic E-state index is 12.4. The van der Waals surface area contributed by atoms with Gasteiger partial charge < -0.3 is 10.4 Å². The number of carbonyl (C=O) groups is 1. The number of alkyl halides is 3. The van der Waals surface area contributed by atoms with Gasteiger partial charge in [-0.2, -0.15) is 13.2 Å². The number of carboxylic acids is 1. The van der Waals surface area contributed by atoms with Crippen molar-refractivity contribution in [1.29, 1.82) is 0 Å². The Hall–Kier alpha value is -1.72. The lowest BCUT2D eigenvalue weighted by Gasteiger charge is -2.12. The van der Waals surface area contributed by atoms with Gasteiger partial charge in [-0.25, -0.2) is 0 Å². The summed E-state index contributed by atoms with van der Waals surface area (Å²) in [5.74, 6) is -0.555. The molecule has 0 spiro atoms. The zero-order valence-electron chi connectivity index (χ0n) is 11.2. The highest BCUT2D eigenvalue weighted by atomic mass is 19.4. The van der Waals surface area contributed by atoms with Crippen molar-refractivity contribution in [2.75, 3.05) is 11.9 Å². The standard InChI is InChI=1S/C14H18F3NO2/c1-10(2-7-13(19)20)8-9-18-12-5-3-11(4-6-12)14(15,16)17/h3-6,10,18H,2,7-9H2,1H3,(H,19,20). The largest absolute Gasteiger partial charge is 0.481 e. The van der Waals surface area contributed by atoms with Crippen molar-refractivity contribution in [3.63, 3.8) is 0 Å². The molecule has 3 nitrogen and oxygen atoms in total. The van der Waals surface area contributed by atoms with E-state index in [4.69, 9.17) is 5.11 Å². The van der Waals surface area contributed by atoms with Gasteiger partial charge in [0.2, 0.25) is 0 Å². The molecule has 1 atom stereocenters. The van der Waals surface area contributed by atoms with E-state index in [0.29, 0.717) is 18.7 Å². The van der Waals surface area contributed by atoms with Crippen LogP contribution in [0.1, 0.15) is 31.7 Å². The maximum Gasteiger partial charge on any atom is 0.416 e. The Balaban J connectivity index is 2.34. The second kappa shape index (κ2) is 7.17. The molecule has 0 aromatic heterocycles. The molecular formula is C14H18F3NO2. The number of rotatable bonds is 7. The molecule has 0 aliphatic carbocycles. The van der Waals surface area contributed by atoms with Gasteiger partial charge in [0.05, 0.1) is 5.56 Å². The Bertz CT molecular complexity index is 429. The van der Waals surface area contributed by atoms with Crippen molar-refractivity contribution >= 4 is 11.7 Å². The molecule has 1 unspecified atom stereocenters. The summed E-state index contributed by atoms with van der Waals surface area (Å²) in [5, 5.41) is 11.6. The minimum absolute atomic E-state index is 0.140. The van der Waals surface area contributed by atoms with E-state index in [-0.39, 0.29) is 12.3 Å². The molecule has 2 N–H and O–H groups in total. The molecule has 1 aromatic carbocycles. The van der Waals surface area contributed by atoms with Crippen LogP contribution in [0.4, 0.5) is 18.9 Å². The topological polar surface area (TPSA) is 49.3 Å². The van der Waals surface area contributed by atoms with Crippen molar-refractivity contribution in [3.05, 3.63) is 29.8 Å². The predicted molar refractivity (Wildman–Crippen MR) is 70.6 cm³/mol. The van der Waals surface area contributed by atoms with Crippen molar-refractivity contribution in [2.45, 2.75) is 32.4 Å². The van der Waals surface area contributed by atoms with Gasteiger partial charge in [0.25, 0.3) is 0 Å². The van der Waals surface area contributed by atoms with Gasteiger partial charge in [-0.05, 0) is 43.0 Å². The van der Waals surface area contributed by atoms with E-state index in [0.717, 1.165) is 18.6 Å². The first-order valence-electron chi connectivity index (χ1n) is 6.42. The van der Waals surface area contributed by atoms with Crippen LogP contribution in [0.3, 0.4) is 0 Å². The van der Waals surface area contributed by atoms with Crippen LogP contribution in [0.5, 0.6) is 0 Å². The summed E-state index contributed by atoms with van der Waals surface area (Å²) in [6.45, 7) is 2.56. The molecule has 0 bridgehead atoms. The number of aliphatic carboxylic acids is 1. The summed E-state index contributed by atoms with van der Waals surface area (Å²) in [5.41, 5.74) is -0.0405. The molecule has 0 radical (unpaired) electrons. The van der Waals surface area contributed by atoms with Crippen LogP contribution in [0.15, 0.2) is 24.3 Å². The molecule has 0 amide bonds. The van der Waals surface area contributed by atoms with Crippen LogP contribution in [0.25, 0.3) is 0 Å². The zero-order chi connectivity index (χ0) is 15.2. The van der Waals surface area contributed by atoms with Crippen molar-refractivity contribution in [2.24, 2.45) is 5.92 Å². The first-order chi connectivity index (χ1) is 9.29. The molecule has 0 saturated heterocycles. The fraction of sp³-hybridized carbons (Fsp3) is 0.500. The van der Waals surface area contributed by atoms with Crippen molar-refractivity contribution in [3.8, 4) is 0 Å². The van der Waals surface area contributed by atoms with Gasteiger partial charge in [0.15, 0.2) is 0 Å². The van der Waals surface area contributed by atoms with Crippen LogP contribution in [-0.4, -0.2) is 17.6 Å². The van der Waals surface area contributed by atoms with E-state index < -0.39 is 17.7 Å². The summed E-state index contributed by atoms with van der Waals surface area (Å²) in [6, 6.07) is 4.86. The van der Waals surface area contributed by atoms with Crippen LogP contribution >= 0.6 is 0 Å². The average molecular weight is 289 g/mol. The Kier molecular flexibility index (Phi) is 5.85. The first kappa shape index (κ1) is 16.3. The van der Waals surface area contributed by atoms with Crippen LogP contribution in [0, 0.1) is 5.92 Å². The second-order valence-corrected chi connectivity index (χ2v) is 4.83. The predicted octanol–water partition coefficient (Wildman–Crippen LogP) is 4.01. The number of hydrogen-bond acceptors (Lipinski definition) is 2. The molecule has 0 saturated carbocycles. The number of benzene rings is 1. The molecule has 6 heteroatoms. The molecule has 0 heterocycles. The Morgan fingerprint density at radius 3 is 2.35 bits per heavy atom. The van der Waals surface area contributed by atoms with Crippen LogP contribution in [0.2, 0.25) is 0 Å². The number of carboxylic acid groups (broad SMARTS) is 1. The van der Waals surface area contributed by atoms with Gasteiger partial charge in [-0.15, -0.1) is 0 Å². The summed E-state index contributed by atoms with van der Waals surface area (Å²) >= 11 is 0. The highest BCUT2D eigenvalue weighted by Crippen LogP contribution is 2.29. The normalized spacial score (nSPS) is 13.0. The smallest absolute Gasteiger partial charge is 0.416 e. The van der Waals surface area contributed by atoms with Crippen LogP contribution < -0.4 is 5.32 Å². The highest BCUT2D eigenvalue weighted by molar-refractivity contribution is 5.66. The zero-order valence-corrected chi connectivity index (χ0v) is 11.2. The molecule has 1 rings (SSSR count). The quantitative estimate of drug-likeness (QED) is 0.797. The maximum atomic E-state index is 12.4. The van der Waals surface area contributed by atoms with Gasteiger partial charge in [-0.3, -0.25) is 4.79 Å². The molecule has 0 aliphatic heterocycles. The summed E-state index contributed by atoms with van der Waals surface area (Å²) in [4.78, 5) is 10.4. The number of nitrogens with one attached hydrogen (secondary N) is 1. The fourth-order valence-corrected chi connectivity index (χ4v) is 1.75. The van der Waals surface area contributed by atoms with E-state index >= 15 is 0 Å². The molecule has 0 aliphatic rings.